The summed E-state index contributed by atoms with van der Waals surface area (Å²) in [7, 11) is 0. The molecule has 0 aliphatic heterocycles. The first-order chi connectivity index (χ1) is 7.31. The van der Waals surface area contributed by atoms with Gasteiger partial charge in [0.15, 0.2) is 5.76 Å². The van der Waals surface area contributed by atoms with Gasteiger partial charge in [-0.2, -0.15) is 0 Å². The van der Waals surface area contributed by atoms with Crippen molar-refractivity contribution < 1.29 is 14.6 Å². The number of ketones is 1. The van der Waals surface area contributed by atoms with Crippen LogP contribution in [-0.2, 0) is 9.53 Å². The molecule has 2 aliphatic carbocycles. The number of carbonyl (C=O) groups is 1. The highest BCUT2D eigenvalue weighted by Gasteiger charge is 2.63. The lowest BCUT2D eigenvalue weighted by atomic mass is 9.75. The summed E-state index contributed by atoms with van der Waals surface area (Å²) in [6.07, 6.45) is 3.54. The molecule has 0 unspecified atom stereocenters. The van der Waals surface area contributed by atoms with Crippen molar-refractivity contribution >= 4 is 5.78 Å². The molecule has 0 amide bonds. The molecule has 0 bridgehead atoms. The lowest BCUT2D eigenvalue weighted by Crippen LogP contribution is -2.48. The third-order valence-corrected chi connectivity index (χ3v) is 4.06. The zero-order valence-electron chi connectivity index (χ0n) is 10.4. The third kappa shape index (κ3) is 1.27. The van der Waals surface area contributed by atoms with Gasteiger partial charge >= 0.3 is 0 Å². The van der Waals surface area contributed by atoms with E-state index in [1.807, 2.05) is 33.8 Å². The van der Waals surface area contributed by atoms with E-state index in [1.54, 1.807) is 0 Å². The number of aliphatic hydroxyl groups is 1. The molecule has 1 saturated carbocycles. The summed E-state index contributed by atoms with van der Waals surface area (Å²) in [6, 6.07) is 0. The van der Waals surface area contributed by atoms with Crippen LogP contribution in [0.25, 0.3) is 0 Å². The van der Waals surface area contributed by atoms with Crippen LogP contribution in [0.2, 0.25) is 0 Å². The third-order valence-electron chi connectivity index (χ3n) is 4.06. The standard InChI is InChI=1S/C13H20O3/c1-8(2)16-10-7-12(4)6-5-9(3)13(12,15)11(10)14/h7-9,15H,5-6H2,1-4H3/t9-,12-,13-/m1/s1. The maximum absolute atomic E-state index is 12.2. The molecule has 1 N–H and O–H groups in total. The van der Waals surface area contributed by atoms with Gasteiger partial charge in [0.05, 0.1) is 6.10 Å². The van der Waals surface area contributed by atoms with Crippen LogP contribution in [-0.4, -0.2) is 22.6 Å². The Kier molecular flexibility index (Phi) is 2.42. The molecule has 3 heteroatoms. The van der Waals surface area contributed by atoms with Crippen molar-refractivity contribution in [3.8, 4) is 0 Å². The molecule has 0 saturated heterocycles. The van der Waals surface area contributed by atoms with E-state index in [0.717, 1.165) is 12.8 Å². The minimum Gasteiger partial charge on any atom is -0.487 e. The zero-order chi connectivity index (χ0) is 12.1. The van der Waals surface area contributed by atoms with Gasteiger partial charge in [-0.25, -0.2) is 0 Å². The maximum Gasteiger partial charge on any atom is 0.229 e. The van der Waals surface area contributed by atoms with Gasteiger partial charge in [0, 0.05) is 5.41 Å². The fourth-order valence-electron chi connectivity index (χ4n) is 3.03. The van der Waals surface area contributed by atoms with Crippen LogP contribution in [0.1, 0.15) is 40.5 Å². The van der Waals surface area contributed by atoms with Gasteiger partial charge < -0.3 is 9.84 Å². The van der Waals surface area contributed by atoms with Crippen molar-refractivity contribution in [1.29, 1.82) is 0 Å². The van der Waals surface area contributed by atoms with Gasteiger partial charge in [-0.05, 0) is 38.7 Å². The molecule has 90 valence electrons. The van der Waals surface area contributed by atoms with Crippen LogP contribution in [0.3, 0.4) is 0 Å². The van der Waals surface area contributed by atoms with Gasteiger partial charge in [0.2, 0.25) is 5.78 Å². The average Bonchev–Trinajstić information content (AvgIpc) is 2.51. The fourth-order valence-corrected chi connectivity index (χ4v) is 3.03. The highest BCUT2D eigenvalue weighted by atomic mass is 16.5. The second kappa shape index (κ2) is 3.33. The van der Waals surface area contributed by atoms with E-state index in [-0.39, 0.29) is 17.8 Å². The van der Waals surface area contributed by atoms with Crippen LogP contribution in [0, 0.1) is 11.3 Å². The number of rotatable bonds is 2. The van der Waals surface area contributed by atoms with Gasteiger partial charge in [0.1, 0.15) is 5.60 Å². The summed E-state index contributed by atoms with van der Waals surface area (Å²) in [4.78, 5) is 12.2. The molecule has 0 aromatic carbocycles. The Morgan fingerprint density at radius 3 is 2.69 bits per heavy atom. The summed E-state index contributed by atoms with van der Waals surface area (Å²) < 4.78 is 5.49. The van der Waals surface area contributed by atoms with Gasteiger partial charge in [0.25, 0.3) is 0 Å². The number of hydrogen-bond donors (Lipinski definition) is 1. The Morgan fingerprint density at radius 2 is 2.19 bits per heavy atom. The quantitative estimate of drug-likeness (QED) is 0.780. The molecule has 3 atom stereocenters. The number of hydrogen-bond acceptors (Lipinski definition) is 3. The summed E-state index contributed by atoms with van der Waals surface area (Å²) in [5, 5.41) is 10.6. The van der Waals surface area contributed by atoms with E-state index in [9.17, 15) is 9.90 Å². The number of carbonyl (C=O) groups excluding carboxylic acids is 1. The predicted molar refractivity (Wildman–Crippen MR) is 60.8 cm³/mol. The Labute approximate surface area is 96.5 Å². The molecular formula is C13H20O3. The number of ether oxygens (including phenoxy) is 1. The first-order valence-corrected chi connectivity index (χ1v) is 5.98. The fraction of sp³-hybridized carbons (Fsp3) is 0.769. The molecular weight excluding hydrogens is 204 g/mol. The van der Waals surface area contributed by atoms with Gasteiger partial charge in [-0.1, -0.05) is 13.8 Å². The second-order valence-corrected chi connectivity index (χ2v) is 5.63. The molecule has 0 aromatic rings. The Balaban J connectivity index is 2.36. The molecule has 2 aliphatic rings. The minimum absolute atomic E-state index is 0.00881. The van der Waals surface area contributed by atoms with Crippen molar-refractivity contribution in [1.82, 2.24) is 0 Å². The van der Waals surface area contributed by atoms with Crippen molar-refractivity contribution in [2.45, 2.75) is 52.2 Å². The van der Waals surface area contributed by atoms with Crippen LogP contribution in [0.4, 0.5) is 0 Å². The molecule has 16 heavy (non-hydrogen) atoms. The van der Waals surface area contributed by atoms with Crippen LogP contribution in [0.5, 0.6) is 0 Å². The van der Waals surface area contributed by atoms with Crippen molar-refractivity contribution in [2.75, 3.05) is 0 Å². The van der Waals surface area contributed by atoms with E-state index in [1.165, 1.54) is 0 Å². The zero-order valence-corrected chi connectivity index (χ0v) is 10.4. The topological polar surface area (TPSA) is 46.5 Å². The normalized spacial score (nSPS) is 42.5. The van der Waals surface area contributed by atoms with Crippen molar-refractivity contribution in [2.24, 2.45) is 11.3 Å². The largest absolute Gasteiger partial charge is 0.487 e. The Morgan fingerprint density at radius 1 is 1.56 bits per heavy atom. The molecule has 0 radical (unpaired) electrons. The monoisotopic (exact) mass is 224 g/mol. The van der Waals surface area contributed by atoms with Crippen LogP contribution < -0.4 is 0 Å². The van der Waals surface area contributed by atoms with Gasteiger partial charge in [-0.15, -0.1) is 0 Å². The van der Waals surface area contributed by atoms with Gasteiger partial charge in [-0.3, -0.25) is 4.79 Å². The van der Waals surface area contributed by atoms with E-state index >= 15 is 0 Å². The first-order valence-electron chi connectivity index (χ1n) is 5.98. The van der Waals surface area contributed by atoms with E-state index in [0.29, 0.717) is 5.76 Å². The summed E-state index contributed by atoms with van der Waals surface area (Å²) in [5.74, 6) is 0.134. The lowest BCUT2D eigenvalue weighted by molar-refractivity contribution is -0.145. The maximum atomic E-state index is 12.2. The van der Waals surface area contributed by atoms with Crippen molar-refractivity contribution in [3.63, 3.8) is 0 Å². The number of Topliss-reactive ketones (excluding diaryl/α,β-unsaturated/α-hetero) is 1. The molecule has 0 aromatic heterocycles. The average molecular weight is 224 g/mol. The molecule has 3 nitrogen and oxygen atoms in total. The second-order valence-electron chi connectivity index (χ2n) is 5.63. The van der Waals surface area contributed by atoms with E-state index in [2.05, 4.69) is 0 Å². The summed E-state index contributed by atoms with van der Waals surface area (Å²) in [6.45, 7) is 7.66. The highest BCUT2D eigenvalue weighted by Crippen LogP contribution is 2.56. The SMILES string of the molecule is CC(C)OC1=C[C@@]2(C)CC[C@@H](C)[C@@]2(O)C1=O. The number of fused-ring (bicyclic) bond motifs is 1. The summed E-state index contributed by atoms with van der Waals surface area (Å²) in [5.41, 5.74) is -1.68. The van der Waals surface area contributed by atoms with Crippen LogP contribution >= 0.6 is 0 Å². The Hall–Kier alpha value is -0.830. The smallest absolute Gasteiger partial charge is 0.229 e. The highest BCUT2D eigenvalue weighted by molar-refractivity contribution is 6.04. The minimum atomic E-state index is -1.24. The molecule has 1 fully saturated rings. The van der Waals surface area contributed by atoms with Crippen molar-refractivity contribution in [3.05, 3.63) is 11.8 Å². The predicted octanol–water partition coefficient (Wildman–Crippen LogP) is 2.05. The van der Waals surface area contributed by atoms with E-state index < -0.39 is 11.0 Å². The summed E-state index contributed by atoms with van der Waals surface area (Å²) >= 11 is 0. The van der Waals surface area contributed by atoms with E-state index in [4.69, 9.17) is 4.74 Å². The molecule has 0 spiro atoms. The first kappa shape index (κ1) is 11.6. The van der Waals surface area contributed by atoms with Crippen LogP contribution in [0.15, 0.2) is 11.8 Å². The lowest BCUT2D eigenvalue weighted by Gasteiger charge is -2.33. The molecule has 0 heterocycles. The Bertz CT molecular complexity index is 358. The molecule has 2 rings (SSSR count).